The van der Waals surface area contributed by atoms with Gasteiger partial charge in [-0.1, -0.05) is 31.4 Å². The van der Waals surface area contributed by atoms with Crippen LogP contribution in [0.3, 0.4) is 0 Å². The summed E-state index contributed by atoms with van der Waals surface area (Å²) < 4.78 is 7.75. The molecule has 1 aliphatic heterocycles. The van der Waals surface area contributed by atoms with Crippen molar-refractivity contribution in [2.45, 2.75) is 51.1 Å². The zero-order chi connectivity index (χ0) is 20.8. The molecule has 2 fully saturated rings. The van der Waals surface area contributed by atoms with Gasteiger partial charge in [0.25, 0.3) is 0 Å². The highest BCUT2D eigenvalue weighted by atomic mass is 16.5. The molecule has 1 saturated carbocycles. The largest absolute Gasteiger partial charge is 0.379 e. The SMILES string of the molecule is CCNC(=NCc1nc2ccccc2n1C)NCC1(N2CCOCC2)CCCCC1. The molecule has 4 rings (SSSR count). The third-order valence-electron chi connectivity index (χ3n) is 6.65. The van der Waals surface area contributed by atoms with E-state index in [1.54, 1.807) is 0 Å². The monoisotopic (exact) mass is 412 g/mol. The molecule has 0 spiro atoms. The number of hydrogen-bond donors (Lipinski definition) is 2. The summed E-state index contributed by atoms with van der Waals surface area (Å²) in [7, 11) is 2.07. The molecule has 1 aromatic heterocycles. The Morgan fingerprint density at radius 1 is 1.13 bits per heavy atom. The van der Waals surface area contributed by atoms with Crippen molar-refractivity contribution in [1.82, 2.24) is 25.1 Å². The van der Waals surface area contributed by atoms with E-state index in [1.807, 2.05) is 6.07 Å². The first-order chi connectivity index (χ1) is 14.7. The summed E-state index contributed by atoms with van der Waals surface area (Å²) in [5.74, 6) is 1.86. The minimum Gasteiger partial charge on any atom is -0.379 e. The maximum Gasteiger partial charge on any atom is 0.191 e. The number of rotatable bonds is 6. The zero-order valence-corrected chi connectivity index (χ0v) is 18.5. The predicted molar refractivity (Wildman–Crippen MR) is 122 cm³/mol. The molecule has 2 aromatic rings. The van der Waals surface area contributed by atoms with Crippen LogP contribution in [0.1, 0.15) is 44.9 Å². The summed E-state index contributed by atoms with van der Waals surface area (Å²) in [6.45, 7) is 8.23. The number of fused-ring (bicyclic) bond motifs is 1. The number of hydrogen-bond acceptors (Lipinski definition) is 4. The van der Waals surface area contributed by atoms with Crippen molar-refractivity contribution in [3.05, 3.63) is 30.1 Å². The van der Waals surface area contributed by atoms with Crippen LogP contribution in [0.15, 0.2) is 29.3 Å². The number of nitrogens with zero attached hydrogens (tertiary/aromatic N) is 4. The summed E-state index contributed by atoms with van der Waals surface area (Å²) in [6.07, 6.45) is 6.49. The van der Waals surface area contributed by atoms with Crippen LogP contribution in [0.5, 0.6) is 0 Å². The van der Waals surface area contributed by atoms with Gasteiger partial charge in [0.1, 0.15) is 12.4 Å². The molecule has 0 bridgehead atoms. The summed E-state index contributed by atoms with van der Waals surface area (Å²) in [5.41, 5.74) is 2.39. The van der Waals surface area contributed by atoms with Crippen molar-refractivity contribution in [1.29, 1.82) is 0 Å². The van der Waals surface area contributed by atoms with Crippen LogP contribution >= 0.6 is 0 Å². The molecular formula is C23H36N6O. The van der Waals surface area contributed by atoms with E-state index in [9.17, 15) is 0 Å². The maximum atomic E-state index is 5.62. The second-order valence-electron chi connectivity index (χ2n) is 8.51. The fourth-order valence-electron chi connectivity index (χ4n) is 4.93. The first kappa shape index (κ1) is 21.1. The van der Waals surface area contributed by atoms with Crippen LogP contribution in [0.2, 0.25) is 0 Å². The molecule has 0 unspecified atom stereocenters. The molecule has 7 nitrogen and oxygen atoms in total. The minimum atomic E-state index is 0.218. The first-order valence-electron chi connectivity index (χ1n) is 11.5. The van der Waals surface area contributed by atoms with Crippen molar-refractivity contribution in [2.75, 3.05) is 39.4 Å². The molecule has 0 amide bonds. The fraction of sp³-hybridized carbons (Fsp3) is 0.652. The Hall–Kier alpha value is -2.12. The predicted octanol–water partition coefficient (Wildman–Crippen LogP) is 2.66. The lowest BCUT2D eigenvalue weighted by atomic mass is 9.80. The van der Waals surface area contributed by atoms with Gasteiger partial charge in [-0.3, -0.25) is 4.90 Å². The summed E-state index contributed by atoms with van der Waals surface area (Å²) in [5, 5.41) is 7.10. The van der Waals surface area contributed by atoms with Crippen LogP contribution in [0, 0.1) is 0 Å². The van der Waals surface area contributed by atoms with Crippen LogP contribution in [0.4, 0.5) is 0 Å². The standard InChI is InChI=1S/C23H36N6O/c1-3-24-22(25-17-21-27-19-9-5-6-10-20(19)28(21)2)26-18-23(11-7-4-8-12-23)29-13-15-30-16-14-29/h5-6,9-10H,3-4,7-8,11-18H2,1-2H3,(H2,24,25,26). The van der Waals surface area contributed by atoms with Gasteiger partial charge in [0.15, 0.2) is 5.96 Å². The van der Waals surface area contributed by atoms with E-state index < -0.39 is 0 Å². The third kappa shape index (κ3) is 4.62. The first-order valence-corrected chi connectivity index (χ1v) is 11.5. The number of morpholine rings is 1. The van der Waals surface area contributed by atoms with Gasteiger partial charge in [-0.25, -0.2) is 9.98 Å². The van der Waals surface area contributed by atoms with Crippen LogP contribution in [-0.4, -0.2) is 65.3 Å². The highest BCUT2D eigenvalue weighted by Gasteiger charge is 2.38. The molecule has 0 atom stereocenters. The minimum absolute atomic E-state index is 0.218. The Bertz CT molecular complexity index is 848. The number of aryl methyl sites for hydroxylation is 1. The van der Waals surface area contributed by atoms with Crippen molar-refractivity contribution < 1.29 is 4.74 Å². The molecular weight excluding hydrogens is 376 g/mol. The lowest BCUT2D eigenvalue weighted by molar-refractivity contribution is -0.0352. The summed E-state index contributed by atoms with van der Waals surface area (Å²) in [6, 6.07) is 8.25. The van der Waals surface area contributed by atoms with Crippen molar-refractivity contribution >= 4 is 17.0 Å². The van der Waals surface area contributed by atoms with E-state index in [0.717, 1.165) is 62.2 Å². The van der Waals surface area contributed by atoms with E-state index >= 15 is 0 Å². The van der Waals surface area contributed by atoms with Crippen LogP contribution in [-0.2, 0) is 18.3 Å². The third-order valence-corrected chi connectivity index (χ3v) is 6.65. The molecule has 0 radical (unpaired) electrons. The zero-order valence-electron chi connectivity index (χ0n) is 18.5. The maximum absolute atomic E-state index is 5.62. The molecule has 1 aliphatic carbocycles. The van der Waals surface area contributed by atoms with Gasteiger partial charge in [-0.15, -0.1) is 0 Å². The lowest BCUT2D eigenvalue weighted by Crippen LogP contribution is -2.60. The van der Waals surface area contributed by atoms with Crippen molar-refractivity contribution in [3.8, 4) is 0 Å². The quantitative estimate of drug-likeness (QED) is 0.564. The lowest BCUT2D eigenvalue weighted by Gasteiger charge is -2.48. The van der Waals surface area contributed by atoms with Gasteiger partial charge in [-0.2, -0.15) is 0 Å². The van der Waals surface area contributed by atoms with Gasteiger partial charge < -0.3 is 19.9 Å². The summed E-state index contributed by atoms with van der Waals surface area (Å²) in [4.78, 5) is 12.3. The highest BCUT2D eigenvalue weighted by Crippen LogP contribution is 2.33. The molecule has 2 heterocycles. The number of aromatic nitrogens is 2. The van der Waals surface area contributed by atoms with Crippen molar-refractivity contribution in [3.63, 3.8) is 0 Å². The smallest absolute Gasteiger partial charge is 0.191 e. The topological polar surface area (TPSA) is 66.7 Å². The van der Waals surface area contributed by atoms with E-state index in [0.29, 0.717) is 6.54 Å². The average molecular weight is 413 g/mol. The number of guanidine groups is 1. The Morgan fingerprint density at radius 2 is 1.90 bits per heavy atom. The molecule has 164 valence electrons. The molecule has 7 heteroatoms. The second kappa shape index (κ2) is 9.79. The summed E-state index contributed by atoms with van der Waals surface area (Å²) >= 11 is 0. The molecule has 2 N–H and O–H groups in total. The number of para-hydroxylation sites is 2. The van der Waals surface area contributed by atoms with E-state index in [2.05, 4.69) is 52.3 Å². The Labute approximate surface area is 179 Å². The number of aliphatic imine (C=N–C) groups is 1. The van der Waals surface area contributed by atoms with Crippen LogP contribution in [0.25, 0.3) is 11.0 Å². The number of nitrogens with one attached hydrogen (secondary N) is 2. The van der Waals surface area contributed by atoms with E-state index in [-0.39, 0.29) is 5.54 Å². The molecule has 30 heavy (non-hydrogen) atoms. The molecule has 1 aromatic carbocycles. The fourth-order valence-corrected chi connectivity index (χ4v) is 4.93. The van der Waals surface area contributed by atoms with Gasteiger partial charge >= 0.3 is 0 Å². The second-order valence-corrected chi connectivity index (χ2v) is 8.51. The molecule has 1 saturated heterocycles. The van der Waals surface area contributed by atoms with Gasteiger partial charge in [0, 0.05) is 38.8 Å². The molecule has 2 aliphatic rings. The normalized spacial score (nSPS) is 20.4. The van der Waals surface area contributed by atoms with Gasteiger partial charge in [0.2, 0.25) is 0 Å². The average Bonchev–Trinajstić information content (AvgIpc) is 3.12. The Balaban J connectivity index is 1.46. The van der Waals surface area contributed by atoms with Crippen molar-refractivity contribution in [2.24, 2.45) is 12.0 Å². The Kier molecular flexibility index (Phi) is 6.89. The number of ether oxygens (including phenoxy) is 1. The Morgan fingerprint density at radius 3 is 2.63 bits per heavy atom. The van der Waals surface area contributed by atoms with E-state index in [1.165, 1.54) is 32.1 Å². The highest BCUT2D eigenvalue weighted by molar-refractivity contribution is 5.80. The van der Waals surface area contributed by atoms with Gasteiger partial charge in [0.05, 0.1) is 24.2 Å². The number of benzene rings is 1. The van der Waals surface area contributed by atoms with Gasteiger partial charge in [-0.05, 0) is 31.9 Å². The number of imidazole rings is 1. The van der Waals surface area contributed by atoms with E-state index in [4.69, 9.17) is 14.7 Å². The van der Waals surface area contributed by atoms with Crippen LogP contribution < -0.4 is 10.6 Å².